The molecule has 0 spiro atoms. The third-order valence-corrected chi connectivity index (χ3v) is 2.58. The van der Waals surface area contributed by atoms with E-state index in [0.717, 1.165) is 16.5 Å². The Hall–Kier alpha value is -0.230. The van der Waals surface area contributed by atoms with Crippen molar-refractivity contribution in [3.05, 3.63) is 27.3 Å². The number of halogens is 2. The standard InChI is InChI=1S/C8H8FIN2/c9-6-3-5(10)4-12-8(6)7-1-2-11-7/h3-4,7,11H,1-2H2. The first-order valence-corrected chi connectivity index (χ1v) is 4.89. The summed E-state index contributed by atoms with van der Waals surface area (Å²) in [6.45, 7) is 0.970. The highest BCUT2D eigenvalue weighted by atomic mass is 127. The maximum absolute atomic E-state index is 13.2. The fourth-order valence-corrected chi connectivity index (χ4v) is 1.62. The van der Waals surface area contributed by atoms with E-state index in [1.807, 2.05) is 0 Å². The van der Waals surface area contributed by atoms with Crippen LogP contribution in [0.1, 0.15) is 18.2 Å². The Balaban J connectivity index is 2.31. The first kappa shape index (κ1) is 8.37. The van der Waals surface area contributed by atoms with Crippen LogP contribution in [0.2, 0.25) is 0 Å². The topological polar surface area (TPSA) is 24.9 Å². The van der Waals surface area contributed by atoms with Crippen LogP contribution in [0, 0.1) is 9.39 Å². The fraction of sp³-hybridized carbons (Fsp3) is 0.375. The zero-order chi connectivity index (χ0) is 8.55. The Kier molecular flexibility index (Phi) is 2.27. The summed E-state index contributed by atoms with van der Waals surface area (Å²) in [7, 11) is 0. The lowest BCUT2D eigenvalue weighted by molar-refractivity contribution is 0.360. The number of rotatable bonds is 1. The average Bonchev–Trinajstić information content (AvgIpc) is 1.91. The SMILES string of the molecule is Fc1cc(I)cnc1C1CCN1. The van der Waals surface area contributed by atoms with E-state index in [2.05, 4.69) is 32.9 Å². The fourth-order valence-electron chi connectivity index (χ4n) is 1.20. The highest BCUT2D eigenvalue weighted by Gasteiger charge is 2.22. The van der Waals surface area contributed by atoms with E-state index in [0.29, 0.717) is 5.69 Å². The Morgan fingerprint density at radius 2 is 2.42 bits per heavy atom. The lowest BCUT2D eigenvalue weighted by Gasteiger charge is -2.27. The molecule has 0 saturated carbocycles. The lowest BCUT2D eigenvalue weighted by Crippen LogP contribution is -2.36. The van der Waals surface area contributed by atoms with E-state index in [1.54, 1.807) is 6.20 Å². The maximum Gasteiger partial charge on any atom is 0.147 e. The van der Waals surface area contributed by atoms with Crippen molar-refractivity contribution < 1.29 is 4.39 Å². The lowest BCUT2D eigenvalue weighted by atomic mass is 10.0. The van der Waals surface area contributed by atoms with Crippen molar-refractivity contribution in [2.75, 3.05) is 6.54 Å². The Morgan fingerprint density at radius 1 is 1.67 bits per heavy atom. The van der Waals surface area contributed by atoms with Gasteiger partial charge in [0, 0.05) is 9.77 Å². The number of hydrogen-bond acceptors (Lipinski definition) is 2. The molecule has 0 bridgehead atoms. The predicted octanol–water partition coefficient (Wildman–Crippen LogP) is 1.86. The third kappa shape index (κ3) is 1.45. The molecule has 4 heteroatoms. The molecule has 1 unspecified atom stereocenters. The smallest absolute Gasteiger partial charge is 0.147 e. The molecule has 2 rings (SSSR count). The molecule has 1 aromatic rings. The van der Waals surface area contributed by atoms with E-state index < -0.39 is 0 Å². The maximum atomic E-state index is 13.2. The van der Waals surface area contributed by atoms with Gasteiger partial charge in [-0.2, -0.15) is 0 Å². The molecule has 1 fully saturated rings. The van der Waals surface area contributed by atoms with Crippen molar-refractivity contribution in [2.45, 2.75) is 12.5 Å². The van der Waals surface area contributed by atoms with E-state index in [-0.39, 0.29) is 11.9 Å². The van der Waals surface area contributed by atoms with Gasteiger partial charge in [-0.3, -0.25) is 4.98 Å². The average molecular weight is 278 g/mol. The number of nitrogens with zero attached hydrogens (tertiary/aromatic N) is 1. The summed E-state index contributed by atoms with van der Waals surface area (Å²) in [5.74, 6) is -0.195. The first-order valence-electron chi connectivity index (χ1n) is 3.81. The molecule has 1 N–H and O–H groups in total. The number of nitrogens with one attached hydrogen (secondary N) is 1. The molecule has 0 aliphatic carbocycles. The summed E-state index contributed by atoms with van der Waals surface area (Å²) in [6, 6.07) is 1.66. The monoisotopic (exact) mass is 278 g/mol. The third-order valence-electron chi connectivity index (χ3n) is 1.99. The van der Waals surface area contributed by atoms with Crippen molar-refractivity contribution in [1.29, 1.82) is 0 Å². The van der Waals surface area contributed by atoms with Gasteiger partial charge in [-0.25, -0.2) is 4.39 Å². The molecule has 0 radical (unpaired) electrons. The molecule has 0 amide bonds. The molecular weight excluding hydrogens is 270 g/mol. The van der Waals surface area contributed by atoms with Gasteiger partial charge in [-0.05, 0) is 41.6 Å². The van der Waals surface area contributed by atoms with Crippen LogP contribution in [0.5, 0.6) is 0 Å². The van der Waals surface area contributed by atoms with Crippen LogP contribution in [0.25, 0.3) is 0 Å². The van der Waals surface area contributed by atoms with E-state index in [4.69, 9.17) is 0 Å². The second kappa shape index (κ2) is 3.26. The Morgan fingerprint density at radius 3 is 2.92 bits per heavy atom. The minimum atomic E-state index is -0.195. The van der Waals surface area contributed by atoms with E-state index in [9.17, 15) is 4.39 Å². The Bertz CT molecular complexity index is 299. The van der Waals surface area contributed by atoms with Crippen molar-refractivity contribution in [2.24, 2.45) is 0 Å². The minimum Gasteiger partial charge on any atom is -0.308 e. The molecule has 12 heavy (non-hydrogen) atoms. The van der Waals surface area contributed by atoms with Crippen LogP contribution in [-0.4, -0.2) is 11.5 Å². The van der Waals surface area contributed by atoms with Crippen LogP contribution in [0.3, 0.4) is 0 Å². The molecule has 2 nitrogen and oxygen atoms in total. The summed E-state index contributed by atoms with van der Waals surface area (Å²) < 4.78 is 14.1. The highest BCUT2D eigenvalue weighted by molar-refractivity contribution is 14.1. The molecule has 1 saturated heterocycles. The van der Waals surface area contributed by atoms with Gasteiger partial charge in [-0.15, -0.1) is 0 Å². The molecule has 0 aromatic carbocycles. The van der Waals surface area contributed by atoms with Gasteiger partial charge in [0.2, 0.25) is 0 Å². The van der Waals surface area contributed by atoms with Crippen LogP contribution in [0.4, 0.5) is 4.39 Å². The van der Waals surface area contributed by atoms with E-state index in [1.165, 1.54) is 6.07 Å². The number of hydrogen-bond donors (Lipinski definition) is 1. The summed E-state index contributed by atoms with van der Waals surface area (Å²) in [5, 5.41) is 3.12. The molecule has 2 heterocycles. The normalized spacial score (nSPS) is 22.0. The van der Waals surface area contributed by atoms with Gasteiger partial charge in [0.1, 0.15) is 5.82 Å². The van der Waals surface area contributed by atoms with E-state index >= 15 is 0 Å². The first-order chi connectivity index (χ1) is 5.77. The molecule has 1 aliphatic heterocycles. The second-order valence-corrected chi connectivity index (χ2v) is 4.06. The van der Waals surface area contributed by atoms with Gasteiger partial charge in [0.15, 0.2) is 0 Å². The van der Waals surface area contributed by atoms with Gasteiger partial charge in [-0.1, -0.05) is 0 Å². The second-order valence-electron chi connectivity index (χ2n) is 2.82. The van der Waals surface area contributed by atoms with Crippen molar-refractivity contribution >= 4 is 22.6 Å². The van der Waals surface area contributed by atoms with Crippen LogP contribution in [0.15, 0.2) is 12.3 Å². The van der Waals surface area contributed by atoms with Crippen molar-refractivity contribution in [1.82, 2.24) is 10.3 Å². The minimum absolute atomic E-state index is 0.141. The van der Waals surface area contributed by atoms with Gasteiger partial charge >= 0.3 is 0 Å². The Labute approximate surface area is 83.7 Å². The van der Waals surface area contributed by atoms with Crippen LogP contribution < -0.4 is 5.32 Å². The summed E-state index contributed by atoms with van der Waals surface area (Å²) in [6.07, 6.45) is 2.68. The molecular formula is C8H8FIN2. The number of aromatic nitrogens is 1. The largest absolute Gasteiger partial charge is 0.308 e. The van der Waals surface area contributed by atoms with Crippen LogP contribution >= 0.6 is 22.6 Å². The molecule has 1 aromatic heterocycles. The van der Waals surface area contributed by atoms with Gasteiger partial charge in [0.05, 0.1) is 11.7 Å². The van der Waals surface area contributed by atoms with Crippen molar-refractivity contribution in [3.63, 3.8) is 0 Å². The number of pyridine rings is 1. The quantitative estimate of drug-likeness (QED) is 0.793. The predicted molar refractivity (Wildman–Crippen MR) is 52.3 cm³/mol. The zero-order valence-electron chi connectivity index (χ0n) is 6.35. The zero-order valence-corrected chi connectivity index (χ0v) is 8.51. The highest BCUT2D eigenvalue weighted by Crippen LogP contribution is 2.23. The van der Waals surface area contributed by atoms with Gasteiger partial charge < -0.3 is 5.32 Å². The summed E-state index contributed by atoms with van der Waals surface area (Å²) in [5.41, 5.74) is 0.557. The molecule has 1 atom stereocenters. The van der Waals surface area contributed by atoms with Crippen molar-refractivity contribution in [3.8, 4) is 0 Å². The van der Waals surface area contributed by atoms with Gasteiger partial charge in [0.25, 0.3) is 0 Å². The summed E-state index contributed by atoms with van der Waals surface area (Å²) >= 11 is 2.05. The molecule has 1 aliphatic rings. The summed E-state index contributed by atoms with van der Waals surface area (Å²) in [4.78, 5) is 4.05. The molecule has 64 valence electrons. The van der Waals surface area contributed by atoms with Crippen LogP contribution in [-0.2, 0) is 0 Å².